The number of hydrogen-bond acceptors (Lipinski definition) is 10. The molecular formula is C28H8N10. The Bertz CT molecular complexity index is 1770. The maximum atomic E-state index is 10.2. The van der Waals surface area contributed by atoms with E-state index in [-0.39, 0.29) is 56.2 Å². The first-order chi connectivity index (χ1) is 18.6. The van der Waals surface area contributed by atoms with Crippen LogP contribution in [0.4, 0.5) is 0 Å². The van der Waals surface area contributed by atoms with E-state index in [0.29, 0.717) is 22.3 Å². The fraction of sp³-hybridized carbons (Fsp3) is 0. The Morgan fingerprint density at radius 2 is 0.842 bits per heavy atom. The van der Waals surface area contributed by atoms with Crippen molar-refractivity contribution >= 4 is 33.4 Å². The summed E-state index contributed by atoms with van der Waals surface area (Å²) in [4.78, 5) is 16.9. The van der Waals surface area contributed by atoms with Crippen molar-refractivity contribution in [2.75, 3.05) is 0 Å². The SMILES string of the molecule is N#CC(C#N)=C1C(c2ncccn2)=C(C#N)c2cc3c(cc21)C(C#N)=C(c1ncccn1)C3=C(C#N)C#N. The molecule has 2 aromatic heterocycles. The summed E-state index contributed by atoms with van der Waals surface area (Å²) in [7, 11) is 0. The van der Waals surface area contributed by atoms with E-state index in [9.17, 15) is 31.6 Å². The lowest BCUT2D eigenvalue weighted by Gasteiger charge is -2.10. The van der Waals surface area contributed by atoms with Crippen molar-refractivity contribution < 1.29 is 0 Å². The first kappa shape index (κ1) is 23.0. The molecule has 0 amide bonds. The van der Waals surface area contributed by atoms with Gasteiger partial charge in [-0.3, -0.25) is 0 Å². The highest BCUT2D eigenvalue weighted by atomic mass is 14.9. The molecule has 0 unspecified atom stereocenters. The zero-order valence-corrected chi connectivity index (χ0v) is 19.1. The van der Waals surface area contributed by atoms with Gasteiger partial charge in [-0.05, 0) is 35.4 Å². The van der Waals surface area contributed by atoms with Gasteiger partial charge >= 0.3 is 0 Å². The summed E-state index contributed by atoms with van der Waals surface area (Å²) < 4.78 is 0. The second-order valence-corrected chi connectivity index (χ2v) is 7.76. The minimum atomic E-state index is -0.267. The summed E-state index contributed by atoms with van der Waals surface area (Å²) in [5.41, 5.74) is 1.75. The average Bonchev–Trinajstić information content (AvgIpc) is 3.46. The van der Waals surface area contributed by atoms with Crippen molar-refractivity contribution in [1.82, 2.24) is 19.9 Å². The molecule has 0 N–H and O–H groups in total. The van der Waals surface area contributed by atoms with Crippen LogP contribution in [0, 0.1) is 68.0 Å². The zero-order chi connectivity index (χ0) is 26.8. The predicted molar refractivity (Wildman–Crippen MR) is 132 cm³/mol. The van der Waals surface area contributed by atoms with E-state index in [1.165, 1.54) is 24.8 Å². The standard InChI is InChI=1S/C28H8N10/c29-9-15(10-30)23-19-8-18-20(7-17(19)21(13-33)25(23)27-35-3-1-4-36-27)24(16(11-31)12-32)26(22(18)14-34)28-37-5-2-6-38-28/h1-8H. The number of nitriles is 6. The third-order valence-corrected chi connectivity index (χ3v) is 5.98. The van der Waals surface area contributed by atoms with Crippen molar-refractivity contribution in [3.63, 3.8) is 0 Å². The Balaban J connectivity index is 1.94. The molecule has 2 heterocycles. The van der Waals surface area contributed by atoms with Gasteiger partial charge in [0.25, 0.3) is 0 Å². The topological polar surface area (TPSA) is 194 Å². The van der Waals surface area contributed by atoms with Gasteiger partial charge in [0.1, 0.15) is 47.6 Å². The predicted octanol–water partition coefficient (Wildman–Crippen LogP) is 3.76. The number of aromatic nitrogens is 4. The Labute approximate surface area is 215 Å². The van der Waals surface area contributed by atoms with E-state index in [0.717, 1.165) is 0 Å². The Morgan fingerprint density at radius 1 is 0.500 bits per heavy atom. The van der Waals surface area contributed by atoms with Crippen molar-refractivity contribution in [1.29, 1.82) is 31.6 Å². The smallest absolute Gasteiger partial charge is 0.161 e. The van der Waals surface area contributed by atoms with Crippen molar-refractivity contribution in [3.05, 3.63) is 94.1 Å². The second-order valence-electron chi connectivity index (χ2n) is 7.76. The van der Waals surface area contributed by atoms with Crippen LogP contribution in [0.15, 0.2) is 60.2 Å². The molecule has 1 aromatic carbocycles. The number of rotatable bonds is 2. The molecule has 0 bridgehead atoms. The van der Waals surface area contributed by atoms with Crippen molar-refractivity contribution in [2.45, 2.75) is 0 Å². The van der Waals surface area contributed by atoms with Crippen LogP contribution in [-0.2, 0) is 0 Å². The van der Waals surface area contributed by atoms with Gasteiger partial charge in [0.15, 0.2) is 11.6 Å². The van der Waals surface area contributed by atoms with E-state index in [1.54, 1.807) is 24.3 Å². The molecule has 0 atom stereocenters. The molecule has 38 heavy (non-hydrogen) atoms. The van der Waals surface area contributed by atoms with E-state index in [4.69, 9.17) is 0 Å². The van der Waals surface area contributed by atoms with Crippen LogP contribution >= 0.6 is 0 Å². The first-order valence-electron chi connectivity index (χ1n) is 10.8. The average molecular weight is 484 g/mol. The summed E-state index contributed by atoms with van der Waals surface area (Å²) in [6.45, 7) is 0. The monoisotopic (exact) mass is 484 g/mol. The van der Waals surface area contributed by atoms with Crippen LogP contribution in [0.5, 0.6) is 0 Å². The van der Waals surface area contributed by atoms with Gasteiger partial charge in [0.05, 0.1) is 11.1 Å². The van der Waals surface area contributed by atoms with Gasteiger partial charge in [-0.15, -0.1) is 0 Å². The molecule has 0 aliphatic heterocycles. The molecule has 0 saturated carbocycles. The summed E-state index contributed by atoms with van der Waals surface area (Å²) in [5, 5.41) is 59.4. The van der Waals surface area contributed by atoms with Gasteiger partial charge in [-0.25, -0.2) is 19.9 Å². The Kier molecular flexibility index (Phi) is 5.55. The number of nitrogens with zero attached hydrogens (tertiary/aromatic N) is 10. The number of allylic oxidation sites excluding steroid dienone is 8. The highest BCUT2D eigenvalue weighted by Gasteiger charge is 2.38. The molecule has 0 fully saturated rings. The summed E-state index contributed by atoms with van der Waals surface area (Å²) in [6, 6.07) is 18.1. The molecule has 10 nitrogen and oxygen atoms in total. The molecule has 3 aromatic rings. The molecule has 2 aliphatic rings. The zero-order valence-electron chi connectivity index (χ0n) is 19.1. The number of fused-ring (bicyclic) bond motifs is 2. The molecule has 10 heteroatoms. The maximum Gasteiger partial charge on any atom is 0.161 e. The van der Waals surface area contributed by atoms with Crippen molar-refractivity contribution in [3.8, 4) is 36.4 Å². The molecule has 0 spiro atoms. The van der Waals surface area contributed by atoms with Crippen LogP contribution in [0.2, 0.25) is 0 Å². The summed E-state index contributed by atoms with van der Waals surface area (Å²) in [5.74, 6) is 0.275. The molecule has 170 valence electrons. The second kappa shape index (κ2) is 9.14. The molecule has 0 radical (unpaired) electrons. The third kappa shape index (κ3) is 3.22. The summed E-state index contributed by atoms with van der Waals surface area (Å²) in [6.07, 6.45) is 5.88. The van der Waals surface area contributed by atoms with Crippen LogP contribution in [0.3, 0.4) is 0 Å². The largest absolute Gasteiger partial charge is 0.237 e. The fourth-order valence-electron chi connectivity index (χ4n) is 4.54. The Morgan fingerprint density at radius 3 is 1.13 bits per heavy atom. The van der Waals surface area contributed by atoms with Gasteiger partial charge < -0.3 is 0 Å². The van der Waals surface area contributed by atoms with Crippen molar-refractivity contribution in [2.24, 2.45) is 0 Å². The molecular weight excluding hydrogens is 476 g/mol. The molecule has 0 saturated heterocycles. The Hall–Kier alpha value is -6.72. The highest BCUT2D eigenvalue weighted by molar-refractivity contribution is 6.29. The lowest BCUT2D eigenvalue weighted by molar-refractivity contribution is 1.13. The van der Waals surface area contributed by atoms with Crippen LogP contribution in [0.1, 0.15) is 33.9 Å². The van der Waals surface area contributed by atoms with E-state index in [1.807, 2.05) is 24.3 Å². The molecule has 5 rings (SSSR count). The lowest BCUT2D eigenvalue weighted by atomic mass is 9.91. The van der Waals surface area contributed by atoms with Crippen LogP contribution in [0.25, 0.3) is 33.4 Å². The van der Waals surface area contributed by atoms with Gasteiger partial charge in [-0.2, -0.15) is 31.6 Å². The summed E-state index contributed by atoms with van der Waals surface area (Å²) >= 11 is 0. The van der Waals surface area contributed by atoms with Gasteiger partial charge in [0.2, 0.25) is 0 Å². The van der Waals surface area contributed by atoms with Gasteiger partial charge in [-0.1, -0.05) is 0 Å². The minimum Gasteiger partial charge on any atom is -0.237 e. The highest BCUT2D eigenvalue weighted by Crippen LogP contribution is 2.53. The fourth-order valence-corrected chi connectivity index (χ4v) is 4.54. The lowest BCUT2D eigenvalue weighted by Crippen LogP contribution is -1.97. The number of benzene rings is 1. The number of hydrogen-bond donors (Lipinski definition) is 0. The minimum absolute atomic E-state index is 0.102. The normalized spacial score (nSPS) is 12.8. The van der Waals surface area contributed by atoms with Gasteiger partial charge in [0, 0.05) is 58.2 Å². The maximum absolute atomic E-state index is 10.2. The van der Waals surface area contributed by atoms with Crippen LogP contribution < -0.4 is 0 Å². The van der Waals surface area contributed by atoms with E-state index in [2.05, 4.69) is 32.1 Å². The van der Waals surface area contributed by atoms with Crippen LogP contribution in [-0.4, -0.2) is 19.9 Å². The third-order valence-electron chi connectivity index (χ3n) is 5.98. The molecule has 2 aliphatic carbocycles. The first-order valence-corrected chi connectivity index (χ1v) is 10.8. The van der Waals surface area contributed by atoms with E-state index < -0.39 is 0 Å². The quantitative estimate of drug-likeness (QED) is 0.483. The van der Waals surface area contributed by atoms with E-state index >= 15 is 0 Å².